The summed E-state index contributed by atoms with van der Waals surface area (Å²) in [7, 11) is 4.21. The average molecular weight is 224 g/mol. The molecule has 16 heavy (non-hydrogen) atoms. The number of aromatic nitrogens is 2. The molecule has 0 aliphatic heterocycles. The Bertz CT molecular complexity index is 280. The molecule has 0 amide bonds. The summed E-state index contributed by atoms with van der Waals surface area (Å²) in [6.07, 6.45) is 6.28. The minimum atomic E-state index is 0.875. The van der Waals surface area contributed by atoms with E-state index in [1.807, 2.05) is 6.20 Å². The fourth-order valence-electron chi connectivity index (χ4n) is 1.67. The van der Waals surface area contributed by atoms with Gasteiger partial charge in [-0.2, -0.15) is 0 Å². The molecule has 0 fully saturated rings. The Morgan fingerprint density at radius 1 is 1.44 bits per heavy atom. The van der Waals surface area contributed by atoms with Crippen molar-refractivity contribution < 1.29 is 0 Å². The van der Waals surface area contributed by atoms with Gasteiger partial charge in [-0.1, -0.05) is 6.92 Å². The van der Waals surface area contributed by atoms with Gasteiger partial charge in [0.1, 0.15) is 5.82 Å². The van der Waals surface area contributed by atoms with Gasteiger partial charge in [-0.05, 0) is 40.0 Å². The molecular weight excluding hydrogens is 200 g/mol. The third-order valence-electron chi connectivity index (χ3n) is 2.51. The average Bonchev–Trinajstić information content (AvgIpc) is 2.65. The lowest BCUT2D eigenvalue weighted by molar-refractivity contribution is 0.393. The van der Waals surface area contributed by atoms with Crippen molar-refractivity contribution in [3.63, 3.8) is 0 Å². The Morgan fingerprint density at radius 3 is 2.94 bits per heavy atom. The molecule has 0 aromatic carbocycles. The zero-order valence-corrected chi connectivity index (χ0v) is 10.7. The quantitative estimate of drug-likeness (QED) is 0.676. The number of imidazole rings is 1. The first-order valence-electron chi connectivity index (χ1n) is 6.09. The van der Waals surface area contributed by atoms with Gasteiger partial charge in [0.2, 0.25) is 0 Å². The number of aryl methyl sites for hydroxylation is 1. The van der Waals surface area contributed by atoms with Gasteiger partial charge in [0.25, 0.3) is 0 Å². The lowest BCUT2D eigenvalue weighted by atomic mass is 10.4. The van der Waals surface area contributed by atoms with E-state index in [1.165, 1.54) is 6.42 Å². The maximum atomic E-state index is 4.36. The van der Waals surface area contributed by atoms with E-state index < -0.39 is 0 Å². The summed E-state index contributed by atoms with van der Waals surface area (Å²) in [6.45, 7) is 6.32. The van der Waals surface area contributed by atoms with Gasteiger partial charge in [-0.3, -0.25) is 0 Å². The summed E-state index contributed by atoms with van der Waals surface area (Å²) in [5.41, 5.74) is 0. The van der Waals surface area contributed by atoms with Crippen LogP contribution in [0.15, 0.2) is 12.4 Å². The zero-order valence-electron chi connectivity index (χ0n) is 10.7. The molecule has 0 unspecified atom stereocenters. The Hall–Kier alpha value is -0.870. The van der Waals surface area contributed by atoms with E-state index in [9.17, 15) is 0 Å². The smallest absolute Gasteiger partial charge is 0.122 e. The van der Waals surface area contributed by atoms with Crippen molar-refractivity contribution in [1.29, 1.82) is 0 Å². The van der Waals surface area contributed by atoms with Crippen molar-refractivity contribution in [2.45, 2.75) is 32.9 Å². The number of hydrogen-bond acceptors (Lipinski definition) is 3. The fraction of sp³-hybridized carbons (Fsp3) is 0.750. The van der Waals surface area contributed by atoms with E-state index in [0.717, 1.165) is 38.4 Å². The maximum absolute atomic E-state index is 4.36. The number of nitrogens with one attached hydrogen (secondary N) is 1. The Balaban J connectivity index is 2.18. The highest BCUT2D eigenvalue weighted by atomic mass is 15.1. The molecule has 0 spiro atoms. The predicted octanol–water partition coefficient (Wildman–Crippen LogP) is 1.33. The van der Waals surface area contributed by atoms with E-state index in [-0.39, 0.29) is 0 Å². The molecule has 4 nitrogen and oxygen atoms in total. The molecule has 92 valence electrons. The molecule has 0 radical (unpaired) electrons. The molecule has 1 aromatic heterocycles. The molecule has 0 atom stereocenters. The predicted molar refractivity (Wildman–Crippen MR) is 67.4 cm³/mol. The molecule has 0 aliphatic rings. The molecule has 0 saturated carbocycles. The lowest BCUT2D eigenvalue weighted by Gasteiger charge is -2.10. The summed E-state index contributed by atoms with van der Waals surface area (Å²) in [6, 6.07) is 0. The van der Waals surface area contributed by atoms with Crippen LogP contribution in [-0.2, 0) is 13.1 Å². The Morgan fingerprint density at radius 2 is 2.25 bits per heavy atom. The van der Waals surface area contributed by atoms with Gasteiger partial charge in [0.15, 0.2) is 0 Å². The van der Waals surface area contributed by atoms with Crippen LogP contribution in [0.5, 0.6) is 0 Å². The summed E-state index contributed by atoms with van der Waals surface area (Å²) < 4.78 is 2.22. The minimum absolute atomic E-state index is 0.875. The van der Waals surface area contributed by atoms with Crippen molar-refractivity contribution >= 4 is 0 Å². The third-order valence-corrected chi connectivity index (χ3v) is 2.51. The van der Waals surface area contributed by atoms with E-state index in [1.54, 1.807) is 0 Å². The van der Waals surface area contributed by atoms with E-state index in [0.29, 0.717) is 0 Å². The van der Waals surface area contributed by atoms with Crippen molar-refractivity contribution in [3.8, 4) is 0 Å². The highest BCUT2D eigenvalue weighted by molar-refractivity contribution is 4.91. The van der Waals surface area contributed by atoms with Crippen LogP contribution in [-0.4, -0.2) is 41.6 Å². The number of nitrogens with zero attached hydrogens (tertiary/aromatic N) is 3. The summed E-state index contributed by atoms with van der Waals surface area (Å²) in [5.74, 6) is 1.15. The second-order valence-electron chi connectivity index (χ2n) is 4.37. The summed E-state index contributed by atoms with van der Waals surface area (Å²) in [4.78, 5) is 6.57. The van der Waals surface area contributed by atoms with Crippen LogP contribution in [0.25, 0.3) is 0 Å². The summed E-state index contributed by atoms with van der Waals surface area (Å²) in [5, 5.41) is 3.43. The lowest BCUT2D eigenvalue weighted by Crippen LogP contribution is -2.22. The van der Waals surface area contributed by atoms with Crippen molar-refractivity contribution in [1.82, 2.24) is 19.8 Å². The fourth-order valence-corrected chi connectivity index (χ4v) is 1.67. The van der Waals surface area contributed by atoms with Crippen LogP contribution in [0.1, 0.15) is 25.6 Å². The van der Waals surface area contributed by atoms with Gasteiger partial charge in [-0.25, -0.2) is 4.98 Å². The molecule has 0 aliphatic carbocycles. The highest BCUT2D eigenvalue weighted by Crippen LogP contribution is 1.98. The van der Waals surface area contributed by atoms with Crippen LogP contribution in [0.4, 0.5) is 0 Å². The second-order valence-corrected chi connectivity index (χ2v) is 4.37. The molecule has 1 rings (SSSR count). The molecule has 4 heteroatoms. The minimum Gasteiger partial charge on any atom is -0.334 e. The monoisotopic (exact) mass is 224 g/mol. The number of rotatable bonds is 8. The van der Waals surface area contributed by atoms with Crippen molar-refractivity contribution in [2.75, 3.05) is 27.2 Å². The molecule has 0 saturated heterocycles. The van der Waals surface area contributed by atoms with Crippen LogP contribution >= 0.6 is 0 Å². The highest BCUT2D eigenvalue weighted by Gasteiger charge is 2.00. The molecule has 1 N–H and O–H groups in total. The first-order valence-corrected chi connectivity index (χ1v) is 6.09. The topological polar surface area (TPSA) is 33.1 Å². The SMILES string of the molecule is CCCn1ccnc1CNCCCN(C)C. The van der Waals surface area contributed by atoms with Crippen LogP contribution in [0.2, 0.25) is 0 Å². The molecule has 0 bridgehead atoms. The van der Waals surface area contributed by atoms with E-state index in [4.69, 9.17) is 0 Å². The van der Waals surface area contributed by atoms with Crippen molar-refractivity contribution in [2.24, 2.45) is 0 Å². The van der Waals surface area contributed by atoms with Crippen LogP contribution in [0, 0.1) is 0 Å². The zero-order chi connectivity index (χ0) is 11.8. The largest absolute Gasteiger partial charge is 0.334 e. The molecule has 1 aromatic rings. The Kier molecular flexibility index (Phi) is 6.11. The van der Waals surface area contributed by atoms with E-state index >= 15 is 0 Å². The summed E-state index contributed by atoms with van der Waals surface area (Å²) >= 11 is 0. The maximum Gasteiger partial charge on any atom is 0.122 e. The second kappa shape index (κ2) is 7.41. The van der Waals surface area contributed by atoms with Crippen LogP contribution in [0.3, 0.4) is 0 Å². The van der Waals surface area contributed by atoms with Gasteiger partial charge in [-0.15, -0.1) is 0 Å². The van der Waals surface area contributed by atoms with Crippen molar-refractivity contribution in [3.05, 3.63) is 18.2 Å². The van der Waals surface area contributed by atoms with Crippen LogP contribution < -0.4 is 5.32 Å². The third kappa shape index (κ3) is 4.77. The standard InChI is InChI=1S/C12H24N4/c1-4-8-16-10-7-14-12(16)11-13-6-5-9-15(2)3/h7,10,13H,4-6,8-9,11H2,1-3H3. The van der Waals surface area contributed by atoms with Gasteiger partial charge < -0.3 is 14.8 Å². The van der Waals surface area contributed by atoms with Gasteiger partial charge in [0.05, 0.1) is 6.54 Å². The first kappa shape index (κ1) is 13.2. The Labute approximate surface area is 98.7 Å². The van der Waals surface area contributed by atoms with Gasteiger partial charge in [0, 0.05) is 18.9 Å². The molecule has 1 heterocycles. The molecular formula is C12H24N4. The number of hydrogen-bond donors (Lipinski definition) is 1. The normalized spacial score (nSPS) is 11.2. The van der Waals surface area contributed by atoms with Gasteiger partial charge >= 0.3 is 0 Å². The van der Waals surface area contributed by atoms with E-state index in [2.05, 4.69) is 47.0 Å². The first-order chi connectivity index (χ1) is 7.74.